The molecule has 0 unspecified atom stereocenters. The molecule has 0 aliphatic heterocycles. The third-order valence-corrected chi connectivity index (χ3v) is 2.11. The van der Waals surface area contributed by atoms with E-state index in [4.69, 9.17) is 11.6 Å². The van der Waals surface area contributed by atoms with Gasteiger partial charge >= 0.3 is 0 Å². The van der Waals surface area contributed by atoms with E-state index in [1.165, 1.54) is 11.1 Å². The summed E-state index contributed by atoms with van der Waals surface area (Å²) in [7, 11) is 0. The first-order valence-electron chi connectivity index (χ1n) is 3.87. The van der Waals surface area contributed by atoms with Gasteiger partial charge in [0.25, 0.3) is 0 Å². The van der Waals surface area contributed by atoms with Crippen molar-refractivity contribution in [3.05, 3.63) is 34.3 Å². The Morgan fingerprint density at radius 1 is 1.25 bits per heavy atom. The molecule has 12 heavy (non-hydrogen) atoms. The Kier molecular flexibility index (Phi) is 5.05. The Bertz CT molecular complexity index is 256. The Morgan fingerprint density at radius 2 is 1.83 bits per heavy atom. The van der Waals surface area contributed by atoms with Crippen LogP contribution in [0.5, 0.6) is 0 Å². The van der Waals surface area contributed by atoms with Gasteiger partial charge in [0, 0.05) is 24.5 Å². The summed E-state index contributed by atoms with van der Waals surface area (Å²) in [5.41, 5.74) is 2.46. The number of hydrogen-bond acceptors (Lipinski definition) is 0. The quantitative estimate of drug-likeness (QED) is 0.681. The second-order valence-corrected chi connectivity index (χ2v) is 3.59. The average Bonchev–Trinajstić information content (AvgIpc) is 1.85. The van der Waals surface area contributed by atoms with Crippen molar-refractivity contribution in [2.75, 3.05) is 0 Å². The van der Waals surface area contributed by atoms with Crippen LogP contribution in [0.4, 0.5) is 0 Å². The van der Waals surface area contributed by atoms with Crippen LogP contribution < -0.4 is 0 Å². The van der Waals surface area contributed by atoms with Gasteiger partial charge < -0.3 is 0 Å². The number of benzene rings is 1. The molecule has 68 valence electrons. The normalized spacial score (nSPS) is 9.75. The predicted molar refractivity (Wildman–Crippen MR) is 50.3 cm³/mol. The third-order valence-electron chi connectivity index (χ3n) is 1.78. The minimum Gasteiger partial charge on any atom is -0.0840 e. The topological polar surface area (TPSA) is 0 Å². The standard InChI is InChI=1S/C10H13Cl.Ru/c1-7(2)9-5-4-8(3)6-10(9)11;/h4-7H,1-3H3;. The zero-order valence-electron chi connectivity index (χ0n) is 7.54. The number of aryl methyl sites for hydroxylation is 1. The molecule has 1 aromatic rings. The van der Waals surface area contributed by atoms with Crippen molar-refractivity contribution in [3.8, 4) is 0 Å². The molecule has 1 aromatic carbocycles. The molecule has 0 spiro atoms. The molecule has 0 amide bonds. The molecule has 0 saturated carbocycles. The van der Waals surface area contributed by atoms with Gasteiger partial charge in [0.1, 0.15) is 0 Å². The molecule has 0 fully saturated rings. The summed E-state index contributed by atoms with van der Waals surface area (Å²) in [5, 5.41) is 0.889. The van der Waals surface area contributed by atoms with Crippen LogP contribution in [0, 0.1) is 6.92 Å². The number of rotatable bonds is 1. The molecular weight excluding hydrogens is 257 g/mol. The zero-order valence-corrected chi connectivity index (χ0v) is 10.0. The third kappa shape index (κ3) is 2.88. The Hall–Kier alpha value is 0.133. The molecule has 0 aromatic heterocycles. The summed E-state index contributed by atoms with van der Waals surface area (Å²) in [6.45, 7) is 6.35. The Morgan fingerprint density at radius 3 is 2.25 bits per heavy atom. The maximum atomic E-state index is 6.02. The zero-order chi connectivity index (χ0) is 8.43. The van der Waals surface area contributed by atoms with Crippen LogP contribution >= 0.6 is 11.6 Å². The summed E-state index contributed by atoms with van der Waals surface area (Å²) in [5.74, 6) is 0.517. The molecule has 0 atom stereocenters. The molecule has 0 bridgehead atoms. The molecule has 0 aliphatic rings. The van der Waals surface area contributed by atoms with Crippen molar-refractivity contribution in [2.24, 2.45) is 0 Å². The predicted octanol–water partition coefficient (Wildman–Crippen LogP) is 3.77. The van der Waals surface area contributed by atoms with Crippen LogP contribution in [0.15, 0.2) is 18.2 Å². The van der Waals surface area contributed by atoms with Gasteiger partial charge in [-0.3, -0.25) is 0 Å². The van der Waals surface area contributed by atoms with Gasteiger partial charge in [0.15, 0.2) is 0 Å². The van der Waals surface area contributed by atoms with Crippen molar-refractivity contribution < 1.29 is 19.5 Å². The van der Waals surface area contributed by atoms with Gasteiger partial charge in [0.05, 0.1) is 0 Å². The largest absolute Gasteiger partial charge is 0.0840 e. The van der Waals surface area contributed by atoms with E-state index in [0.717, 1.165) is 5.02 Å². The van der Waals surface area contributed by atoms with E-state index in [9.17, 15) is 0 Å². The van der Waals surface area contributed by atoms with Crippen molar-refractivity contribution in [1.29, 1.82) is 0 Å². The average molecular weight is 270 g/mol. The van der Waals surface area contributed by atoms with Crippen molar-refractivity contribution in [2.45, 2.75) is 26.7 Å². The minimum absolute atomic E-state index is 0. The van der Waals surface area contributed by atoms with Crippen LogP contribution in [0.1, 0.15) is 30.9 Å². The molecule has 0 radical (unpaired) electrons. The second kappa shape index (κ2) is 4.99. The molecule has 0 saturated heterocycles. The van der Waals surface area contributed by atoms with Gasteiger partial charge in [-0.2, -0.15) is 0 Å². The van der Waals surface area contributed by atoms with Crippen molar-refractivity contribution >= 4 is 11.6 Å². The smallest absolute Gasteiger partial charge is 0.0443 e. The van der Waals surface area contributed by atoms with Crippen LogP contribution in [0.2, 0.25) is 5.02 Å². The molecule has 1 rings (SSSR count). The van der Waals surface area contributed by atoms with Gasteiger partial charge in [-0.05, 0) is 30.0 Å². The summed E-state index contributed by atoms with van der Waals surface area (Å²) in [6.07, 6.45) is 0. The monoisotopic (exact) mass is 270 g/mol. The summed E-state index contributed by atoms with van der Waals surface area (Å²) >= 11 is 6.02. The maximum Gasteiger partial charge on any atom is 0.0443 e. The summed E-state index contributed by atoms with van der Waals surface area (Å²) < 4.78 is 0. The fraction of sp³-hybridized carbons (Fsp3) is 0.400. The Labute approximate surface area is 92.1 Å². The molecule has 0 N–H and O–H groups in total. The van der Waals surface area contributed by atoms with Crippen molar-refractivity contribution in [1.82, 2.24) is 0 Å². The molecule has 0 aliphatic carbocycles. The van der Waals surface area contributed by atoms with Crippen LogP contribution in [0.3, 0.4) is 0 Å². The molecule has 2 heteroatoms. The van der Waals surface area contributed by atoms with Crippen LogP contribution in [-0.2, 0) is 19.5 Å². The van der Waals surface area contributed by atoms with E-state index in [1.807, 2.05) is 6.07 Å². The minimum atomic E-state index is 0. The van der Waals surface area contributed by atoms with E-state index in [-0.39, 0.29) is 19.5 Å². The maximum absolute atomic E-state index is 6.02. The Balaban J connectivity index is 0.00000121. The summed E-state index contributed by atoms with van der Waals surface area (Å²) in [6, 6.07) is 6.21. The van der Waals surface area contributed by atoms with Gasteiger partial charge in [-0.1, -0.05) is 37.6 Å². The number of halogens is 1. The van der Waals surface area contributed by atoms with Gasteiger partial charge in [-0.25, -0.2) is 0 Å². The first-order valence-corrected chi connectivity index (χ1v) is 4.25. The van der Waals surface area contributed by atoms with Gasteiger partial charge in [0.2, 0.25) is 0 Å². The van der Waals surface area contributed by atoms with E-state index in [2.05, 4.69) is 32.9 Å². The van der Waals surface area contributed by atoms with E-state index >= 15 is 0 Å². The second-order valence-electron chi connectivity index (χ2n) is 3.18. The number of hydrogen-bond donors (Lipinski definition) is 0. The van der Waals surface area contributed by atoms with Gasteiger partial charge in [-0.15, -0.1) is 0 Å². The fourth-order valence-corrected chi connectivity index (χ4v) is 1.55. The fourth-order valence-electron chi connectivity index (χ4n) is 1.10. The first-order chi connectivity index (χ1) is 5.11. The van der Waals surface area contributed by atoms with E-state index in [1.54, 1.807) is 0 Å². The molecule has 0 heterocycles. The van der Waals surface area contributed by atoms with Crippen LogP contribution in [0.25, 0.3) is 0 Å². The van der Waals surface area contributed by atoms with E-state index in [0.29, 0.717) is 5.92 Å². The SMILES string of the molecule is Cc1ccc(C(C)C)c(Cl)c1.[Ru]. The van der Waals surface area contributed by atoms with Crippen molar-refractivity contribution in [3.63, 3.8) is 0 Å². The summed E-state index contributed by atoms with van der Waals surface area (Å²) in [4.78, 5) is 0. The first kappa shape index (κ1) is 12.1. The molecular formula is C10H13ClRu. The molecule has 0 nitrogen and oxygen atoms in total. The van der Waals surface area contributed by atoms with Crippen LogP contribution in [-0.4, -0.2) is 0 Å². The van der Waals surface area contributed by atoms with E-state index < -0.39 is 0 Å².